The van der Waals surface area contributed by atoms with Crippen LogP contribution in [0.1, 0.15) is 17.4 Å². The third-order valence-corrected chi connectivity index (χ3v) is 6.28. The number of nitrogens with zero attached hydrogens (tertiary/aromatic N) is 2. The molecule has 0 spiro atoms. The van der Waals surface area contributed by atoms with E-state index in [-0.39, 0.29) is 0 Å². The predicted molar refractivity (Wildman–Crippen MR) is 97.5 cm³/mol. The van der Waals surface area contributed by atoms with Gasteiger partial charge in [0.25, 0.3) is 0 Å². The average molecular weight is 367 g/mol. The molecular formula is C18H11BrN2S. The van der Waals surface area contributed by atoms with Gasteiger partial charge < -0.3 is 0 Å². The molecule has 4 heteroatoms. The molecular weight excluding hydrogens is 356 g/mol. The SMILES string of the molecule is CC1C(c2cc(Br)cs2)=Cc2cccc3c2=C1C1=NC=NC=31. The Hall–Kier alpha value is -1.78. The average Bonchev–Trinajstić information content (AvgIpc) is 3.19. The lowest BCUT2D eigenvalue weighted by Crippen LogP contribution is -2.30. The number of allylic oxidation sites excluding steroid dienone is 1. The van der Waals surface area contributed by atoms with Gasteiger partial charge in [0.15, 0.2) is 0 Å². The topological polar surface area (TPSA) is 24.7 Å². The molecule has 0 N–H and O–H groups in total. The van der Waals surface area contributed by atoms with E-state index >= 15 is 0 Å². The Morgan fingerprint density at radius 1 is 1.27 bits per heavy atom. The lowest BCUT2D eigenvalue weighted by atomic mass is 9.83. The van der Waals surface area contributed by atoms with Gasteiger partial charge in [0.2, 0.25) is 0 Å². The highest BCUT2D eigenvalue weighted by Crippen LogP contribution is 2.40. The fourth-order valence-corrected chi connectivity index (χ4v) is 5.12. The van der Waals surface area contributed by atoms with Crippen LogP contribution in [0.15, 0.2) is 44.1 Å². The summed E-state index contributed by atoms with van der Waals surface area (Å²) in [6.07, 6.45) is 4.01. The highest BCUT2D eigenvalue weighted by molar-refractivity contribution is 9.10. The van der Waals surface area contributed by atoms with Crippen LogP contribution in [0.3, 0.4) is 0 Å². The molecule has 1 aromatic heterocycles. The minimum absolute atomic E-state index is 0.331. The number of fused-ring (bicyclic) bond motifs is 2. The van der Waals surface area contributed by atoms with Crippen molar-refractivity contribution >= 4 is 62.2 Å². The number of hydrogen-bond donors (Lipinski definition) is 0. The molecule has 2 nitrogen and oxygen atoms in total. The maximum atomic E-state index is 4.54. The Kier molecular flexibility index (Phi) is 2.53. The molecule has 2 aromatic rings. The van der Waals surface area contributed by atoms with Gasteiger partial charge in [-0.3, -0.25) is 0 Å². The molecule has 0 bridgehead atoms. The van der Waals surface area contributed by atoms with E-state index in [0.29, 0.717) is 5.92 Å². The van der Waals surface area contributed by atoms with E-state index in [9.17, 15) is 0 Å². The van der Waals surface area contributed by atoms with Gasteiger partial charge in [-0.25, -0.2) is 9.98 Å². The van der Waals surface area contributed by atoms with Gasteiger partial charge in [-0.15, -0.1) is 11.3 Å². The van der Waals surface area contributed by atoms with Crippen molar-refractivity contribution < 1.29 is 0 Å². The van der Waals surface area contributed by atoms with E-state index < -0.39 is 0 Å². The Morgan fingerprint density at radius 2 is 2.18 bits per heavy atom. The second kappa shape index (κ2) is 4.37. The summed E-state index contributed by atoms with van der Waals surface area (Å²) in [5.41, 5.74) is 6.09. The Morgan fingerprint density at radius 3 is 3.00 bits per heavy atom. The summed E-state index contributed by atoms with van der Waals surface area (Å²) >= 11 is 5.35. The molecule has 0 amide bonds. The van der Waals surface area contributed by atoms with Crippen molar-refractivity contribution in [3.05, 3.63) is 55.0 Å². The van der Waals surface area contributed by atoms with Gasteiger partial charge in [0.05, 0.1) is 11.4 Å². The van der Waals surface area contributed by atoms with Crippen LogP contribution in [0, 0.1) is 5.92 Å². The van der Waals surface area contributed by atoms with Crippen LogP contribution < -0.4 is 10.4 Å². The standard InChI is InChI=1S/C18H11BrN2S/c1-9-13(14-6-11(19)7-22-14)5-10-3-2-4-12-16(10)15(9)18-17(12)20-8-21-18/h2-9H,1H3. The largest absolute Gasteiger partial charge is 0.234 e. The molecule has 1 atom stereocenters. The second-order valence-electron chi connectivity index (χ2n) is 5.70. The third-order valence-electron chi connectivity index (χ3n) is 4.54. The van der Waals surface area contributed by atoms with Crippen LogP contribution >= 0.6 is 27.3 Å². The monoisotopic (exact) mass is 366 g/mol. The van der Waals surface area contributed by atoms with Gasteiger partial charge in [-0.1, -0.05) is 25.1 Å². The molecule has 1 aromatic carbocycles. The molecule has 22 heavy (non-hydrogen) atoms. The van der Waals surface area contributed by atoms with Crippen molar-refractivity contribution in [2.24, 2.45) is 15.9 Å². The van der Waals surface area contributed by atoms with E-state index in [1.165, 1.54) is 32.0 Å². The zero-order valence-electron chi connectivity index (χ0n) is 11.8. The third kappa shape index (κ3) is 1.54. The smallest absolute Gasteiger partial charge is 0.116 e. The van der Waals surface area contributed by atoms with Crippen LogP contribution in [-0.4, -0.2) is 12.1 Å². The summed E-state index contributed by atoms with van der Waals surface area (Å²) in [5.74, 6) is 0.331. The number of rotatable bonds is 1. The lowest BCUT2D eigenvalue weighted by Gasteiger charge is -2.22. The number of halogens is 1. The normalized spacial score (nSPS) is 20.9. The van der Waals surface area contributed by atoms with E-state index in [0.717, 1.165) is 15.9 Å². The quantitative estimate of drug-likeness (QED) is 0.738. The molecule has 3 aliphatic rings. The Labute approximate surface area is 140 Å². The summed E-state index contributed by atoms with van der Waals surface area (Å²) in [7, 11) is 0. The minimum atomic E-state index is 0.331. The fraction of sp³-hybridized carbons (Fsp3) is 0.111. The molecule has 106 valence electrons. The summed E-state index contributed by atoms with van der Waals surface area (Å²) in [4.78, 5) is 10.3. The summed E-state index contributed by atoms with van der Waals surface area (Å²) in [6, 6.07) is 8.67. The summed E-state index contributed by atoms with van der Waals surface area (Å²) < 4.78 is 1.14. The molecule has 0 radical (unpaired) electrons. The Balaban J connectivity index is 1.85. The number of thiophene rings is 1. The fourth-order valence-electron chi connectivity index (χ4n) is 3.59. The van der Waals surface area contributed by atoms with Gasteiger partial charge in [-0.2, -0.15) is 0 Å². The van der Waals surface area contributed by atoms with E-state index in [2.05, 4.69) is 68.6 Å². The molecule has 0 saturated heterocycles. The first kappa shape index (κ1) is 12.7. The first-order valence-corrected chi connectivity index (χ1v) is 8.86. The zero-order chi connectivity index (χ0) is 14.8. The Bertz CT molecular complexity index is 1050. The number of benzene rings is 1. The van der Waals surface area contributed by atoms with Gasteiger partial charge in [0.1, 0.15) is 6.34 Å². The molecule has 0 saturated carbocycles. The highest BCUT2D eigenvalue weighted by Gasteiger charge is 2.32. The van der Waals surface area contributed by atoms with Gasteiger partial charge >= 0.3 is 0 Å². The van der Waals surface area contributed by atoms with Crippen LogP contribution in [-0.2, 0) is 0 Å². The van der Waals surface area contributed by atoms with Crippen molar-refractivity contribution in [3.8, 4) is 0 Å². The number of hydrogen-bond acceptors (Lipinski definition) is 3. The second-order valence-corrected chi connectivity index (χ2v) is 7.53. The highest BCUT2D eigenvalue weighted by atomic mass is 79.9. The van der Waals surface area contributed by atoms with Gasteiger partial charge in [-0.05, 0) is 50.0 Å². The van der Waals surface area contributed by atoms with E-state index in [1.54, 1.807) is 17.7 Å². The maximum Gasteiger partial charge on any atom is 0.116 e. The first-order valence-electron chi connectivity index (χ1n) is 7.18. The summed E-state index contributed by atoms with van der Waals surface area (Å²) in [5, 5.41) is 4.71. The predicted octanol–water partition coefficient (Wildman–Crippen LogP) is 3.46. The van der Waals surface area contributed by atoms with Crippen molar-refractivity contribution in [2.45, 2.75) is 6.92 Å². The van der Waals surface area contributed by atoms with Crippen molar-refractivity contribution in [1.29, 1.82) is 0 Å². The molecule has 0 fully saturated rings. The number of aliphatic imine (C=N–C) groups is 2. The van der Waals surface area contributed by atoms with Crippen LogP contribution in [0.25, 0.3) is 22.9 Å². The maximum absolute atomic E-state index is 4.54. The zero-order valence-corrected chi connectivity index (χ0v) is 14.2. The molecule has 1 unspecified atom stereocenters. The van der Waals surface area contributed by atoms with E-state index in [1.807, 2.05) is 0 Å². The molecule has 1 aliphatic heterocycles. The summed E-state index contributed by atoms with van der Waals surface area (Å²) in [6.45, 7) is 2.28. The minimum Gasteiger partial charge on any atom is -0.234 e. The molecule has 2 aliphatic carbocycles. The van der Waals surface area contributed by atoms with Crippen molar-refractivity contribution in [3.63, 3.8) is 0 Å². The van der Waals surface area contributed by atoms with Crippen LogP contribution in [0.4, 0.5) is 0 Å². The van der Waals surface area contributed by atoms with E-state index in [4.69, 9.17) is 0 Å². The van der Waals surface area contributed by atoms with Crippen LogP contribution in [0.2, 0.25) is 0 Å². The van der Waals surface area contributed by atoms with Gasteiger partial charge in [0, 0.05) is 25.9 Å². The molecule has 2 heterocycles. The lowest BCUT2D eigenvalue weighted by molar-refractivity contribution is 1.00. The molecule has 5 rings (SSSR count). The first-order chi connectivity index (χ1) is 10.7. The van der Waals surface area contributed by atoms with Crippen molar-refractivity contribution in [2.75, 3.05) is 0 Å². The van der Waals surface area contributed by atoms with Crippen LogP contribution in [0.5, 0.6) is 0 Å². The van der Waals surface area contributed by atoms with Crippen molar-refractivity contribution in [1.82, 2.24) is 0 Å².